The fourth-order valence-electron chi connectivity index (χ4n) is 2.29. The lowest BCUT2D eigenvalue weighted by molar-refractivity contribution is -0.384. The third-order valence-corrected chi connectivity index (χ3v) is 3.35. The predicted octanol–water partition coefficient (Wildman–Crippen LogP) is 2.31. The maximum absolute atomic E-state index is 12.5. The van der Waals surface area contributed by atoms with Gasteiger partial charge in [0.1, 0.15) is 0 Å². The van der Waals surface area contributed by atoms with Crippen LogP contribution in [-0.4, -0.2) is 38.9 Å². The molecule has 7 nitrogen and oxygen atoms in total. The Morgan fingerprint density at radius 3 is 2.29 bits per heavy atom. The van der Waals surface area contributed by atoms with E-state index >= 15 is 0 Å². The Balaban J connectivity index is 2.44. The zero-order valence-electron chi connectivity index (χ0n) is 11.8. The van der Waals surface area contributed by atoms with Crippen LogP contribution in [0, 0.1) is 10.1 Å². The number of carboxylic acid groups (broad SMARTS) is 1. The molecule has 2 rings (SSSR count). The lowest BCUT2D eigenvalue weighted by Crippen LogP contribution is -2.38. The van der Waals surface area contributed by atoms with Gasteiger partial charge >= 0.3 is 5.97 Å². The molecule has 0 aliphatic heterocycles. The minimum absolute atomic E-state index is 0.0437. The Morgan fingerprint density at radius 1 is 1.29 bits per heavy atom. The zero-order chi connectivity index (χ0) is 15.7. The average Bonchev–Trinajstić information content (AvgIpc) is 3.22. The molecule has 1 aromatic carbocycles. The smallest absolute Gasteiger partial charge is 0.335 e. The highest BCUT2D eigenvalue weighted by Crippen LogP contribution is 2.31. The first-order valence-electron chi connectivity index (χ1n) is 6.66. The normalized spacial score (nSPS) is 14.0. The van der Waals surface area contributed by atoms with Crippen LogP contribution in [0.4, 0.5) is 5.69 Å². The third kappa shape index (κ3) is 3.18. The molecule has 0 unspecified atom stereocenters. The van der Waals surface area contributed by atoms with Crippen LogP contribution in [0.1, 0.15) is 47.4 Å². The third-order valence-electron chi connectivity index (χ3n) is 3.35. The first-order chi connectivity index (χ1) is 9.81. The van der Waals surface area contributed by atoms with E-state index in [1.165, 1.54) is 6.07 Å². The van der Waals surface area contributed by atoms with Gasteiger partial charge in [-0.05, 0) is 32.8 Å². The van der Waals surface area contributed by atoms with Gasteiger partial charge in [0.2, 0.25) is 0 Å². The second-order valence-electron chi connectivity index (χ2n) is 5.37. The fourth-order valence-corrected chi connectivity index (χ4v) is 2.29. The molecule has 7 heteroatoms. The Hall–Kier alpha value is -2.44. The minimum atomic E-state index is -1.30. The molecule has 0 aromatic heterocycles. The second-order valence-corrected chi connectivity index (χ2v) is 5.37. The molecule has 0 spiro atoms. The van der Waals surface area contributed by atoms with Crippen LogP contribution in [0.25, 0.3) is 0 Å². The van der Waals surface area contributed by atoms with E-state index in [0.717, 1.165) is 25.0 Å². The quantitative estimate of drug-likeness (QED) is 0.663. The Bertz CT molecular complexity index is 573. The number of carboxylic acids is 1. The van der Waals surface area contributed by atoms with Gasteiger partial charge in [-0.15, -0.1) is 0 Å². The van der Waals surface area contributed by atoms with Gasteiger partial charge in [-0.1, -0.05) is 0 Å². The number of non-ortho nitro benzene ring substituents is 1. The summed E-state index contributed by atoms with van der Waals surface area (Å²) >= 11 is 0. The number of nitro benzene ring substituents is 1. The van der Waals surface area contributed by atoms with Crippen LogP contribution >= 0.6 is 0 Å². The molecule has 21 heavy (non-hydrogen) atoms. The van der Waals surface area contributed by atoms with Gasteiger partial charge in [0, 0.05) is 29.8 Å². The molecular weight excluding hydrogens is 276 g/mol. The summed E-state index contributed by atoms with van der Waals surface area (Å²) in [6, 6.07) is 3.38. The molecular formula is C14H16N2O5. The summed E-state index contributed by atoms with van der Waals surface area (Å²) in [6.07, 6.45) is 1.81. The van der Waals surface area contributed by atoms with Crippen molar-refractivity contribution >= 4 is 17.6 Å². The Morgan fingerprint density at radius 2 is 1.86 bits per heavy atom. The van der Waals surface area contributed by atoms with Gasteiger partial charge in [0.15, 0.2) is 0 Å². The van der Waals surface area contributed by atoms with Crippen LogP contribution in [0.2, 0.25) is 0 Å². The van der Waals surface area contributed by atoms with Crippen LogP contribution in [0.3, 0.4) is 0 Å². The van der Waals surface area contributed by atoms with Gasteiger partial charge in [0.05, 0.1) is 10.5 Å². The van der Waals surface area contributed by atoms with Crippen molar-refractivity contribution in [3.63, 3.8) is 0 Å². The number of amides is 1. The summed E-state index contributed by atoms with van der Waals surface area (Å²) in [7, 11) is 0. The van der Waals surface area contributed by atoms with E-state index in [4.69, 9.17) is 5.11 Å². The Labute approximate surface area is 121 Å². The molecule has 1 aromatic rings. The molecule has 0 radical (unpaired) electrons. The van der Waals surface area contributed by atoms with Crippen molar-refractivity contribution in [3.05, 3.63) is 39.4 Å². The molecule has 112 valence electrons. The SMILES string of the molecule is CC(C)N(C(=O)c1cc(C(=O)O)cc([N+](=O)[O-])c1)C1CC1. The minimum Gasteiger partial charge on any atom is -0.478 e. The largest absolute Gasteiger partial charge is 0.478 e. The topological polar surface area (TPSA) is 101 Å². The zero-order valence-corrected chi connectivity index (χ0v) is 11.8. The number of nitrogens with zero attached hydrogens (tertiary/aromatic N) is 2. The summed E-state index contributed by atoms with van der Waals surface area (Å²) in [4.78, 5) is 35.4. The van der Waals surface area contributed by atoms with E-state index in [-0.39, 0.29) is 29.1 Å². The standard InChI is InChI=1S/C14H16N2O5/c1-8(2)15(11-3-4-11)13(17)9-5-10(14(18)19)7-12(6-9)16(20)21/h5-8,11H,3-4H2,1-2H3,(H,18,19). The molecule has 1 N–H and O–H groups in total. The molecule has 0 atom stereocenters. The highest BCUT2D eigenvalue weighted by Gasteiger charge is 2.35. The van der Waals surface area contributed by atoms with Crippen molar-refractivity contribution in [3.8, 4) is 0 Å². The van der Waals surface area contributed by atoms with Crippen molar-refractivity contribution in [1.29, 1.82) is 0 Å². The second kappa shape index (κ2) is 5.51. The maximum atomic E-state index is 12.5. The molecule has 1 aliphatic rings. The van der Waals surface area contributed by atoms with Gasteiger partial charge in [-0.25, -0.2) is 4.79 Å². The summed E-state index contributed by atoms with van der Waals surface area (Å²) in [5.41, 5.74) is -0.605. The number of carbonyl (C=O) groups excluding carboxylic acids is 1. The molecule has 0 saturated heterocycles. The summed E-state index contributed by atoms with van der Waals surface area (Å²) in [5, 5.41) is 19.9. The van der Waals surface area contributed by atoms with Crippen molar-refractivity contribution in [2.24, 2.45) is 0 Å². The number of hydrogen-bond acceptors (Lipinski definition) is 4. The van der Waals surface area contributed by atoms with E-state index in [1.54, 1.807) is 4.90 Å². The number of aromatic carboxylic acids is 1. The average molecular weight is 292 g/mol. The van der Waals surface area contributed by atoms with Crippen LogP contribution in [-0.2, 0) is 0 Å². The number of rotatable bonds is 5. The van der Waals surface area contributed by atoms with Crippen LogP contribution in [0.5, 0.6) is 0 Å². The molecule has 1 saturated carbocycles. The number of benzene rings is 1. The van der Waals surface area contributed by atoms with Gasteiger partial charge in [-0.3, -0.25) is 14.9 Å². The van der Waals surface area contributed by atoms with Crippen molar-refractivity contribution < 1.29 is 19.6 Å². The monoisotopic (exact) mass is 292 g/mol. The number of nitro groups is 1. The summed E-state index contributed by atoms with van der Waals surface area (Å²) in [6.45, 7) is 3.73. The van der Waals surface area contributed by atoms with E-state index in [1.807, 2.05) is 13.8 Å². The maximum Gasteiger partial charge on any atom is 0.335 e. The Kier molecular flexibility index (Phi) is 3.93. The molecule has 1 aliphatic carbocycles. The van der Waals surface area contributed by atoms with Crippen molar-refractivity contribution in [2.45, 2.75) is 38.8 Å². The van der Waals surface area contributed by atoms with E-state index in [2.05, 4.69) is 0 Å². The van der Waals surface area contributed by atoms with E-state index < -0.39 is 16.6 Å². The first-order valence-corrected chi connectivity index (χ1v) is 6.66. The summed E-state index contributed by atoms with van der Waals surface area (Å²) < 4.78 is 0. The molecule has 1 fully saturated rings. The van der Waals surface area contributed by atoms with Gasteiger partial charge < -0.3 is 10.0 Å². The lowest BCUT2D eigenvalue weighted by atomic mass is 10.1. The first kappa shape index (κ1) is 15.0. The highest BCUT2D eigenvalue weighted by atomic mass is 16.6. The van der Waals surface area contributed by atoms with Crippen molar-refractivity contribution in [2.75, 3.05) is 0 Å². The summed E-state index contributed by atoms with van der Waals surface area (Å²) in [5.74, 6) is -1.66. The lowest BCUT2D eigenvalue weighted by Gasteiger charge is -2.26. The van der Waals surface area contributed by atoms with Gasteiger partial charge in [-0.2, -0.15) is 0 Å². The molecule has 0 bridgehead atoms. The fraction of sp³-hybridized carbons (Fsp3) is 0.429. The van der Waals surface area contributed by atoms with Crippen molar-refractivity contribution in [1.82, 2.24) is 4.90 Å². The van der Waals surface area contributed by atoms with Crippen LogP contribution < -0.4 is 0 Å². The molecule has 0 heterocycles. The van der Waals surface area contributed by atoms with Gasteiger partial charge in [0.25, 0.3) is 11.6 Å². The van der Waals surface area contributed by atoms with E-state index in [9.17, 15) is 19.7 Å². The van der Waals surface area contributed by atoms with Crippen LogP contribution in [0.15, 0.2) is 18.2 Å². The highest BCUT2D eigenvalue weighted by molar-refractivity contribution is 5.99. The van der Waals surface area contributed by atoms with E-state index in [0.29, 0.717) is 0 Å². The molecule has 1 amide bonds. The number of carbonyl (C=O) groups is 2. The number of hydrogen-bond donors (Lipinski definition) is 1. The predicted molar refractivity (Wildman–Crippen MR) is 74.4 cm³/mol.